The number of aryl methyl sites for hydroxylation is 2. The first-order valence-corrected chi connectivity index (χ1v) is 10.3. The molecule has 0 bridgehead atoms. The fraction of sp³-hybridized carbons (Fsp3) is 0.381. The van der Waals surface area contributed by atoms with E-state index in [1.807, 2.05) is 32.5 Å². The molecule has 0 amide bonds. The lowest BCUT2D eigenvalue weighted by atomic mass is 10.2. The Bertz CT molecular complexity index is 1420. The highest BCUT2D eigenvalue weighted by Gasteiger charge is 2.23. The fourth-order valence-electron chi connectivity index (χ4n) is 3.86. The zero-order valence-electron chi connectivity index (χ0n) is 18.1. The second-order valence-electron chi connectivity index (χ2n) is 7.98. The highest BCUT2D eigenvalue weighted by Crippen LogP contribution is 2.22. The average Bonchev–Trinajstić information content (AvgIpc) is 3.20. The van der Waals surface area contributed by atoms with E-state index in [-0.39, 0.29) is 22.6 Å². The second-order valence-corrected chi connectivity index (χ2v) is 8.39. The minimum absolute atomic E-state index is 0.0972. The number of hydrogen-bond acceptors (Lipinski definition) is 4. The smallest absolute Gasteiger partial charge is 0.313 e. The predicted octanol–water partition coefficient (Wildman–Crippen LogP) is 2.17. The van der Waals surface area contributed by atoms with Crippen LogP contribution < -0.4 is 11.2 Å². The molecular weight excluding hydrogens is 423 g/mol. The molecule has 0 radical (unpaired) electrons. The Labute approximate surface area is 182 Å². The molecule has 0 atom stereocenters. The van der Waals surface area contributed by atoms with Crippen LogP contribution in [0, 0.1) is 19.7 Å². The summed E-state index contributed by atoms with van der Waals surface area (Å²) in [5.41, 5.74) is 1.42. The highest BCUT2D eigenvalue weighted by atomic mass is 35.5. The van der Waals surface area contributed by atoms with E-state index in [0.29, 0.717) is 18.0 Å². The molecule has 0 saturated carbocycles. The lowest BCUT2D eigenvalue weighted by Crippen LogP contribution is -2.40. The number of imidazole rings is 2. The normalized spacial score (nSPS) is 12.0. The minimum atomic E-state index is -0.577. The van der Waals surface area contributed by atoms with E-state index in [4.69, 9.17) is 11.6 Å². The molecule has 8 nitrogen and oxygen atoms in total. The highest BCUT2D eigenvalue weighted by molar-refractivity contribution is 6.31. The van der Waals surface area contributed by atoms with Crippen molar-refractivity contribution in [3.05, 3.63) is 66.8 Å². The Kier molecular flexibility index (Phi) is 5.26. The number of hydrogen-bond donors (Lipinski definition) is 0. The first-order valence-electron chi connectivity index (χ1n) is 9.88. The van der Waals surface area contributed by atoms with Crippen LogP contribution in [0.15, 0.2) is 27.8 Å². The van der Waals surface area contributed by atoms with Gasteiger partial charge in [-0.25, -0.2) is 9.18 Å². The van der Waals surface area contributed by atoms with E-state index >= 15 is 0 Å². The van der Waals surface area contributed by atoms with Crippen molar-refractivity contribution in [2.45, 2.75) is 26.9 Å². The molecule has 31 heavy (non-hydrogen) atoms. The van der Waals surface area contributed by atoms with Crippen LogP contribution in [0.25, 0.3) is 16.9 Å². The van der Waals surface area contributed by atoms with Gasteiger partial charge < -0.3 is 9.47 Å². The van der Waals surface area contributed by atoms with Gasteiger partial charge in [0.15, 0.2) is 11.2 Å². The molecule has 0 N–H and O–H groups in total. The molecule has 1 aromatic carbocycles. The number of benzene rings is 1. The quantitative estimate of drug-likeness (QED) is 0.471. The third-order valence-electron chi connectivity index (χ3n) is 5.78. The standard InChI is InChI=1S/C21H24ClFN6O2/c1-12-13(2)29-17-18(24-20(29)27(12)10-9-25(3)4)26(5)21(31)28(19(17)30)11-14-15(22)7-6-8-16(14)23/h6-8H,9-11H2,1-5H3. The second kappa shape index (κ2) is 7.65. The maximum absolute atomic E-state index is 14.3. The summed E-state index contributed by atoms with van der Waals surface area (Å²) < 4.78 is 20.5. The van der Waals surface area contributed by atoms with Crippen molar-refractivity contribution < 1.29 is 4.39 Å². The number of likely N-dealkylation sites (N-methyl/N-ethyl adjacent to an activating group) is 1. The van der Waals surface area contributed by atoms with Gasteiger partial charge in [-0.3, -0.25) is 18.3 Å². The molecule has 0 aliphatic carbocycles. The molecule has 10 heteroatoms. The van der Waals surface area contributed by atoms with E-state index in [2.05, 4.69) is 9.88 Å². The SMILES string of the molecule is Cc1c(C)n2c3c(=O)n(Cc4c(F)cccc4Cl)c(=O)n(C)c3nc2n1CCN(C)C. The number of nitrogens with zero attached hydrogens (tertiary/aromatic N) is 6. The average molecular weight is 447 g/mol. The van der Waals surface area contributed by atoms with Crippen LogP contribution in [-0.4, -0.2) is 48.6 Å². The fourth-order valence-corrected chi connectivity index (χ4v) is 4.09. The summed E-state index contributed by atoms with van der Waals surface area (Å²) in [5, 5.41) is 0.161. The van der Waals surface area contributed by atoms with Gasteiger partial charge in [-0.1, -0.05) is 17.7 Å². The summed E-state index contributed by atoms with van der Waals surface area (Å²) in [7, 11) is 5.53. The van der Waals surface area contributed by atoms with Gasteiger partial charge in [0.1, 0.15) is 5.82 Å². The maximum atomic E-state index is 14.3. The predicted molar refractivity (Wildman–Crippen MR) is 119 cm³/mol. The van der Waals surface area contributed by atoms with Gasteiger partial charge in [0.05, 0.1) is 6.54 Å². The van der Waals surface area contributed by atoms with Gasteiger partial charge in [0.25, 0.3) is 5.56 Å². The van der Waals surface area contributed by atoms with Gasteiger partial charge in [0, 0.05) is 42.1 Å². The van der Waals surface area contributed by atoms with Crippen molar-refractivity contribution in [2.75, 3.05) is 20.6 Å². The van der Waals surface area contributed by atoms with Gasteiger partial charge >= 0.3 is 5.69 Å². The summed E-state index contributed by atoms with van der Waals surface area (Å²) in [6, 6.07) is 4.27. The molecule has 0 spiro atoms. The number of rotatable bonds is 5. The summed E-state index contributed by atoms with van der Waals surface area (Å²) >= 11 is 6.14. The third kappa shape index (κ3) is 3.28. The topological polar surface area (TPSA) is 69.5 Å². The summed E-state index contributed by atoms with van der Waals surface area (Å²) in [5.74, 6) is 0.0301. The summed E-state index contributed by atoms with van der Waals surface area (Å²) in [6.07, 6.45) is 0. The Morgan fingerprint density at radius 2 is 1.84 bits per heavy atom. The zero-order valence-corrected chi connectivity index (χ0v) is 18.9. The van der Waals surface area contributed by atoms with Gasteiger partial charge in [-0.2, -0.15) is 4.98 Å². The first kappa shape index (κ1) is 21.3. The summed E-state index contributed by atoms with van der Waals surface area (Å²) in [4.78, 5) is 33.1. The Morgan fingerprint density at radius 3 is 2.48 bits per heavy atom. The molecule has 3 heterocycles. The van der Waals surface area contributed by atoms with E-state index in [0.717, 1.165) is 22.5 Å². The molecule has 0 aliphatic rings. The monoisotopic (exact) mass is 446 g/mol. The number of halogens is 2. The van der Waals surface area contributed by atoms with Gasteiger partial charge in [-0.15, -0.1) is 0 Å². The van der Waals surface area contributed by atoms with Crippen molar-refractivity contribution in [3.63, 3.8) is 0 Å². The largest absolute Gasteiger partial charge is 0.332 e. The van der Waals surface area contributed by atoms with E-state index in [9.17, 15) is 14.0 Å². The van der Waals surface area contributed by atoms with Crippen LogP contribution in [0.1, 0.15) is 17.0 Å². The van der Waals surface area contributed by atoms with E-state index in [1.54, 1.807) is 11.4 Å². The maximum Gasteiger partial charge on any atom is 0.332 e. The van der Waals surface area contributed by atoms with Crippen molar-refractivity contribution in [1.29, 1.82) is 0 Å². The lowest BCUT2D eigenvalue weighted by molar-refractivity contribution is 0.384. The van der Waals surface area contributed by atoms with Crippen LogP contribution in [0.3, 0.4) is 0 Å². The van der Waals surface area contributed by atoms with Crippen LogP contribution in [-0.2, 0) is 20.1 Å². The third-order valence-corrected chi connectivity index (χ3v) is 6.13. The number of aromatic nitrogens is 5. The van der Waals surface area contributed by atoms with Crippen molar-refractivity contribution in [3.8, 4) is 0 Å². The molecule has 0 aliphatic heterocycles. The van der Waals surface area contributed by atoms with Crippen LogP contribution >= 0.6 is 11.6 Å². The minimum Gasteiger partial charge on any atom is -0.313 e. The molecule has 0 unspecified atom stereocenters. The Hall–Kier alpha value is -2.91. The molecule has 0 saturated heterocycles. The summed E-state index contributed by atoms with van der Waals surface area (Å²) in [6.45, 7) is 5.11. The van der Waals surface area contributed by atoms with Gasteiger partial charge in [0.2, 0.25) is 5.78 Å². The Balaban J connectivity index is 2.01. The van der Waals surface area contributed by atoms with Crippen molar-refractivity contribution in [2.24, 2.45) is 7.05 Å². The van der Waals surface area contributed by atoms with Crippen LogP contribution in [0.4, 0.5) is 4.39 Å². The van der Waals surface area contributed by atoms with Crippen molar-refractivity contribution >= 4 is 28.5 Å². The zero-order chi connectivity index (χ0) is 22.6. The molecule has 164 valence electrons. The van der Waals surface area contributed by atoms with Crippen LogP contribution in [0.2, 0.25) is 5.02 Å². The van der Waals surface area contributed by atoms with Crippen LogP contribution in [0.5, 0.6) is 0 Å². The molecule has 4 aromatic rings. The number of fused-ring (bicyclic) bond motifs is 3. The van der Waals surface area contributed by atoms with Gasteiger partial charge in [-0.05, 0) is 40.1 Å². The lowest BCUT2D eigenvalue weighted by Gasteiger charge is -2.11. The molecule has 4 rings (SSSR count). The van der Waals surface area contributed by atoms with Crippen molar-refractivity contribution in [1.82, 2.24) is 28.0 Å². The Morgan fingerprint density at radius 1 is 1.13 bits per heavy atom. The molecule has 0 fully saturated rings. The first-order chi connectivity index (χ1) is 14.6. The molecular formula is C21H24ClFN6O2. The molecule has 3 aromatic heterocycles. The van der Waals surface area contributed by atoms with E-state index in [1.165, 1.54) is 22.8 Å². The van der Waals surface area contributed by atoms with E-state index < -0.39 is 17.1 Å².